The van der Waals surface area contributed by atoms with E-state index in [9.17, 15) is 4.79 Å². The Hall–Kier alpha value is -2.92. The van der Waals surface area contributed by atoms with Crippen LogP contribution in [0.3, 0.4) is 0 Å². The highest BCUT2D eigenvalue weighted by Crippen LogP contribution is 2.25. The molecule has 2 N–H and O–H groups in total. The van der Waals surface area contributed by atoms with Gasteiger partial charge in [-0.05, 0) is 53.8 Å². The van der Waals surface area contributed by atoms with Gasteiger partial charge in [-0.3, -0.25) is 9.48 Å². The van der Waals surface area contributed by atoms with Crippen LogP contribution in [0.2, 0.25) is 0 Å². The smallest absolute Gasteiger partial charge is 0.253 e. The number of likely N-dealkylation sites (tertiary alicyclic amines) is 1. The van der Waals surface area contributed by atoms with Gasteiger partial charge >= 0.3 is 0 Å². The monoisotopic (exact) mass is 360 g/mol. The van der Waals surface area contributed by atoms with E-state index in [1.807, 2.05) is 65.3 Å². The molecule has 3 aromatic rings. The summed E-state index contributed by atoms with van der Waals surface area (Å²) in [5.41, 5.74) is 10.8. The number of nitrogens with two attached hydrogens (primary N) is 1. The van der Waals surface area contributed by atoms with E-state index in [1.165, 1.54) is 0 Å². The van der Waals surface area contributed by atoms with E-state index >= 15 is 0 Å². The molecule has 4 rings (SSSR count). The summed E-state index contributed by atoms with van der Waals surface area (Å²) >= 11 is 0. The van der Waals surface area contributed by atoms with Crippen LogP contribution in [-0.4, -0.2) is 33.7 Å². The molecular weight excluding hydrogens is 336 g/mol. The van der Waals surface area contributed by atoms with Crippen LogP contribution < -0.4 is 5.73 Å². The van der Waals surface area contributed by atoms with Crippen LogP contribution >= 0.6 is 0 Å². The molecule has 0 saturated carbocycles. The number of aryl methyl sites for hydroxylation is 1. The third-order valence-corrected chi connectivity index (χ3v) is 5.16. The first-order valence-corrected chi connectivity index (χ1v) is 9.33. The van der Waals surface area contributed by atoms with Crippen molar-refractivity contribution in [3.8, 4) is 11.1 Å². The third kappa shape index (κ3) is 3.64. The van der Waals surface area contributed by atoms with Crippen LogP contribution in [-0.2, 0) is 6.54 Å². The average Bonchev–Trinajstić information content (AvgIpc) is 3.36. The highest BCUT2D eigenvalue weighted by molar-refractivity contribution is 5.95. The largest absolute Gasteiger partial charge is 0.336 e. The van der Waals surface area contributed by atoms with Gasteiger partial charge in [-0.15, -0.1) is 0 Å². The number of amides is 1. The van der Waals surface area contributed by atoms with Crippen molar-refractivity contribution >= 4 is 5.91 Å². The summed E-state index contributed by atoms with van der Waals surface area (Å²) in [6.45, 7) is 4.00. The van der Waals surface area contributed by atoms with E-state index in [1.54, 1.807) is 0 Å². The Bertz CT molecular complexity index is 962. The van der Waals surface area contributed by atoms with Crippen LogP contribution in [0.1, 0.15) is 33.9 Å². The van der Waals surface area contributed by atoms with E-state index in [2.05, 4.69) is 17.2 Å². The quantitative estimate of drug-likeness (QED) is 0.775. The molecule has 0 spiro atoms. The van der Waals surface area contributed by atoms with E-state index in [0.29, 0.717) is 13.1 Å². The van der Waals surface area contributed by atoms with E-state index < -0.39 is 0 Å². The van der Waals surface area contributed by atoms with Crippen LogP contribution in [0, 0.1) is 6.92 Å². The van der Waals surface area contributed by atoms with E-state index in [-0.39, 0.29) is 11.9 Å². The van der Waals surface area contributed by atoms with Crippen LogP contribution in [0.5, 0.6) is 0 Å². The van der Waals surface area contributed by atoms with Gasteiger partial charge in [0.15, 0.2) is 0 Å². The summed E-state index contributed by atoms with van der Waals surface area (Å²) < 4.78 is 1.98. The highest BCUT2D eigenvalue weighted by atomic mass is 16.2. The second kappa shape index (κ2) is 7.37. The first kappa shape index (κ1) is 17.5. The van der Waals surface area contributed by atoms with Gasteiger partial charge in [-0.25, -0.2) is 0 Å². The molecule has 1 aromatic heterocycles. The van der Waals surface area contributed by atoms with Gasteiger partial charge in [-0.1, -0.05) is 30.3 Å². The third-order valence-electron chi connectivity index (χ3n) is 5.16. The van der Waals surface area contributed by atoms with Crippen molar-refractivity contribution in [3.63, 3.8) is 0 Å². The molecular formula is C22H24N4O. The van der Waals surface area contributed by atoms with E-state index in [0.717, 1.165) is 40.8 Å². The molecule has 138 valence electrons. The first-order valence-electron chi connectivity index (χ1n) is 9.33. The number of hydrogen-bond acceptors (Lipinski definition) is 3. The second-order valence-electron chi connectivity index (χ2n) is 7.18. The molecule has 0 bridgehead atoms. The Morgan fingerprint density at radius 2 is 1.96 bits per heavy atom. The normalized spacial score (nSPS) is 16.7. The predicted molar refractivity (Wildman–Crippen MR) is 106 cm³/mol. The van der Waals surface area contributed by atoms with Crippen molar-refractivity contribution in [1.29, 1.82) is 0 Å². The first-order chi connectivity index (χ1) is 13.1. The number of hydrogen-bond donors (Lipinski definition) is 1. The molecule has 0 aliphatic carbocycles. The summed E-state index contributed by atoms with van der Waals surface area (Å²) in [6, 6.07) is 16.3. The summed E-state index contributed by atoms with van der Waals surface area (Å²) in [7, 11) is 0. The molecule has 27 heavy (non-hydrogen) atoms. The van der Waals surface area contributed by atoms with Gasteiger partial charge in [0.1, 0.15) is 0 Å². The SMILES string of the molecule is Cc1cnn(C2CCN(C(=O)c3cccc(-c4cccc(CN)c4)c3)C2)c1. The Balaban J connectivity index is 1.52. The number of carbonyl (C=O) groups excluding carboxylic acids is 1. The number of benzene rings is 2. The predicted octanol–water partition coefficient (Wildman–Crippen LogP) is 3.40. The standard InChI is InChI=1S/C22H24N4O/c1-16-13-24-26(14-16)21-8-9-25(15-21)22(27)20-7-3-6-19(11-20)18-5-2-4-17(10-18)12-23/h2-7,10-11,13-14,21H,8-9,12,15,23H2,1H3. The van der Waals surface area contributed by atoms with Crippen molar-refractivity contribution in [3.05, 3.63) is 77.6 Å². The molecule has 1 saturated heterocycles. The molecule has 1 fully saturated rings. The second-order valence-corrected chi connectivity index (χ2v) is 7.18. The molecule has 1 aliphatic rings. The molecule has 2 heterocycles. The van der Waals surface area contributed by atoms with Gasteiger partial charge in [0.25, 0.3) is 5.91 Å². The van der Waals surface area contributed by atoms with Gasteiger partial charge in [-0.2, -0.15) is 5.10 Å². The number of nitrogens with zero attached hydrogens (tertiary/aromatic N) is 3. The zero-order chi connectivity index (χ0) is 18.8. The molecule has 5 nitrogen and oxygen atoms in total. The fraction of sp³-hybridized carbons (Fsp3) is 0.273. The van der Waals surface area contributed by atoms with Crippen molar-refractivity contribution in [2.75, 3.05) is 13.1 Å². The molecule has 1 aliphatic heterocycles. The number of carbonyl (C=O) groups is 1. The lowest BCUT2D eigenvalue weighted by Crippen LogP contribution is -2.29. The van der Waals surface area contributed by atoms with Gasteiger partial charge in [0.2, 0.25) is 0 Å². The topological polar surface area (TPSA) is 64.2 Å². The summed E-state index contributed by atoms with van der Waals surface area (Å²) in [5, 5.41) is 4.40. The van der Waals surface area contributed by atoms with Crippen LogP contribution in [0.25, 0.3) is 11.1 Å². The summed E-state index contributed by atoms with van der Waals surface area (Å²) in [4.78, 5) is 14.9. The lowest BCUT2D eigenvalue weighted by Gasteiger charge is -2.17. The summed E-state index contributed by atoms with van der Waals surface area (Å²) in [5.74, 6) is 0.0817. The molecule has 1 unspecified atom stereocenters. The minimum absolute atomic E-state index is 0.0817. The van der Waals surface area contributed by atoms with Crippen molar-refractivity contribution in [1.82, 2.24) is 14.7 Å². The van der Waals surface area contributed by atoms with Crippen molar-refractivity contribution in [2.45, 2.75) is 25.9 Å². The van der Waals surface area contributed by atoms with Gasteiger partial charge in [0.05, 0.1) is 12.2 Å². The zero-order valence-corrected chi connectivity index (χ0v) is 15.5. The van der Waals surface area contributed by atoms with E-state index in [4.69, 9.17) is 5.73 Å². The zero-order valence-electron chi connectivity index (χ0n) is 15.5. The van der Waals surface area contributed by atoms with Crippen molar-refractivity contribution < 1.29 is 4.79 Å². The molecule has 1 amide bonds. The Kier molecular flexibility index (Phi) is 4.77. The molecule has 1 atom stereocenters. The lowest BCUT2D eigenvalue weighted by molar-refractivity contribution is 0.0787. The average molecular weight is 360 g/mol. The van der Waals surface area contributed by atoms with Crippen LogP contribution in [0.4, 0.5) is 0 Å². The molecule has 2 aromatic carbocycles. The highest BCUT2D eigenvalue weighted by Gasteiger charge is 2.28. The van der Waals surface area contributed by atoms with Crippen molar-refractivity contribution in [2.24, 2.45) is 5.73 Å². The van der Waals surface area contributed by atoms with Gasteiger partial charge < -0.3 is 10.6 Å². The summed E-state index contributed by atoms with van der Waals surface area (Å²) in [6.07, 6.45) is 4.85. The Morgan fingerprint density at radius 1 is 1.19 bits per heavy atom. The minimum Gasteiger partial charge on any atom is -0.336 e. The maximum atomic E-state index is 13.0. The fourth-order valence-electron chi connectivity index (χ4n) is 3.67. The fourth-order valence-corrected chi connectivity index (χ4v) is 3.67. The Labute approximate surface area is 159 Å². The molecule has 5 heteroatoms. The molecule has 0 radical (unpaired) electrons. The van der Waals surface area contributed by atoms with Gasteiger partial charge in [0, 0.05) is 31.4 Å². The maximum Gasteiger partial charge on any atom is 0.253 e. The van der Waals surface area contributed by atoms with Crippen LogP contribution in [0.15, 0.2) is 60.9 Å². The number of aromatic nitrogens is 2. The Morgan fingerprint density at radius 3 is 2.70 bits per heavy atom. The lowest BCUT2D eigenvalue weighted by atomic mass is 10.0. The maximum absolute atomic E-state index is 13.0. The minimum atomic E-state index is 0.0817. The number of rotatable bonds is 4.